The molecule has 1 saturated carbocycles. The van der Waals surface area contributed by atoms with Crippen LogP contribution in [0.2, 0.25) is 0 Å². The van der Waals surface area contributed by atoms with Crippen LogP contribution in [0.25, 0.3) is 0 Å². The van der Waals surface area contributed by atoms with E-state index in [1.165, 1.54) is 4.90 Å². The third-order valence-electron chi connectivity index (χ3n) is 3.21. The van der Waals surface area contributed by atoms with Crippen LogP contribution in [-0.2, 0) is 4.79 Å². The zero-order chi connectivity index (χ0) is 15.3. The molecule has 0 saturated heterocycles. The molecule has 2 amide bonds. The van der Waals surface area contributed by atoms with Gasteiger partial charge in [-0.05, 0) is 32.9 Å². The van der Waals surface area contributed by atoms with Crippen molar-refractivity contribution in [3.05, 3.63) is 0 Å². The van der Waals surface area contributed by atoms with E-state index in [9.17, 15) is 9.59 Å². The molecular formula is C14H27N3O3. The van der Waals surface area contributed by atoms with Gasteiger partial charge in [0, 0.05) is 25.7 Å². The van der Waals surface area contributed by atoms with Crippen molar-refractivity contribution in [2.24, 2.45) is 5.92 Å². The molecule has 1 fully saturated rings. The lowest BCUT2D eigenvalue weighted by atomic mass is 10.2. The Kier molecular flexibility index (Phi) is 6.26. The first-order valence-electron chi connectivity index (χ1n) is 7.23. The van der Waals surface area contributed by atoms with E-state index in [0.29, 0.717) is 19.0 Å². The third kappa shape index (κ3) is 5.77. The van der Waals surface area contributed by atoms with Gasteiger partial charge in [-0.3, -0.25) is 4.79 Å². The molecule has 0 radical (unpaired) electrons. The van der Waals surface area contributed by atoms with Crippen LogP contribution in [0.5, 0.6) is 0 Å². The maximum absolute atomic E-state index is 12.6. The van der Waals surface area contributed by atoms with Crippen molar-refractivity contribution in [1.29, 1.82) is 0 Å². The number of rotatable bonds is 8. The Labute approximate surface area is 121 Å². The van der Waals surface area contributed by atoms with Crippen molar-refractivity contribution in [2.45, 2.75) is 32.7 Å². The van der Waals surface area contributed by atoms with Crippen molar-refractivity contribution >= 4 is 12.0 Å². The summed E-state index contributed by atoms with van der Waals surface area (Å²) in [4.78, 5) is 28.8. The topological polar surface area (TPSA) is 64.1 Å². The molecule has 6 nitrogen and oxygen atoms in total. The molecule has 0 aromatic heterocycles. The Morgan fingerprint density at radius 1 is 1.20 bits per heavy atom. The number of carboxylic acid groups (broad SMARTS) is 1. The van der Waals surface area contributed by atoms with Gasteiger partial charge in [-0.15, -0.1) is 0 Å². The summed E-state index contributed by atoms with van der Waals surface area (Å²) in [6.07, 6.45) is 1.84. The molecule has 6 heteroatoms. The zero-order valence-corrected chi connectivity index (χ0v) is 13.0. The van der Waals surface area contributed by atoms with Crippen LogP contribution < -0.4 is 0 Å². The monoisotopic (exact) mass is 285 g/mol. The van der Waals surface area contributed by atoms with Crippen molar-refractivity contribution in [1.82, 2.24) is 14.7 Å². The Morgan fingerprint density at radius 3 is 2.20 bits per heavy atom. The van der Waals surface area contributed by atoms with E-state index >= 15 is 0 Å². The summed E-state index contributed by atoms with van der Waals surface area (Å²) in [5, 5.41) is 8.97. The van der Waals surface area contributed by atoms with Crippen LogP contribution >= 0.6 is 0 Å². The number of urea groups is 1. The molecular weight excluding hydrogens is 258 g/mol. The fraction of sp³-hybridized carbons (Fsp3) is 0.857. The molecule has 1 aliphatic rings. The fourth-order valence-corrected chi connectivity index (χ4v) is 2.09. The number of amides is 2. The van der Waals surface area contributed by atoms with Gasteiger partial charge in [0.1, 0.15) is 6.54 Å². The molecule has 20 heavy (non-hydrogen) atoms. The van der Waals surface area contributed by atoms with E-state index in [1.807, 2.05) is 19.0 Å². The van der Waals surface area contributed by atoms with Gasteiger partial charge in [-0.2, -0.15) is 0 Å². The normalized spacial score (nSPS) is 14.7. The lowest BCUT2D eigenvalue weighted by molar-refractivity contribution is -0.137. The first-order chi connectivity index (χ1) is 9.31. The Balaban J connectivity index is 2.69. The van der Waals surface area contributed by atoms with E-state index in [-0.39, 0.29) is 18.6 Å². The highest BCUT2D eigenvalue weighted by Crippen LogP contribution is 2.27. The van der Waals surface area contributed by atoms with Gasteiger partial charge < -0.3 is 19.8 Å². The number of carboxylic acids is 1. The SMILES string of the molecule is CC(C)CN(CCN(C)C)C(=O)N(CC(=O)O)C1CC1. The fourth-order valence-electron chi connectivity index (χ4n) is 2.09. The molecule has 1 aliphatic carbocycles. The summed E-state index contributed by atoms with van der Waals surface area (Å²) in [7, 11) is 3.93. The molecule has 1 rings (SSSR count). The standard InChI is InChI=1S/C14H27N3O3/c1-11(2)9-16(8-7-15(3)4)14(20)17(10-13(18)19)12-5-6-12/h11-12H,5-10H2,1-4H3,(H,18,19). The van der Waals surface area contributed by atoms with Crippen molar-refractivity contribution in [2.75, 3.05) is 40.3 Å². The van der Waals surface area contributed by atoms with Gasteiger partial charge in [0.2, 0.25) is 0 Å². The number of hydrogen-bond donors (Lipinski definition) is 1. The van der Waals surface area contributed by atoms with Crippen molar-refractivity contribution in [3.8, 4) is 0 Å². The average Bonchev–Trinajstić information content (AvgIpc) is 3.13. The Morgan fingerprint density at radius 2 is 1.80 bits per heavy atom. The highest BCUT2D eigenvalue weighted by Gasteiger charge is 2.36. The first kappa shape index (κ1) is 16.8. The second kappa shape index (κ2) is 7.47. The zero-order valence-electron chi connectivity index (χ0n) is 13.0. The third-order valence-corrected chi connectivity index (χ3v) is 3.21. The molecule has 0 aromatic rings. The van der Waals surface area contributed by atoms with Gasteiger partial charge in [-0.1, -0.05) is 13.8 Å². The van der Waals surface area contributed by atoms with E-state index in [0.717, 1.165) is 19.4 Å². The highest BCUT2D eigenvalue weighted by molar-refractivity contribution is 5.80. The van der Waals surface area contributed by atoms with Crippen LogP contribution in [0.4, 0.5) is 4.79 Å². The predicted molar refractivity (Wildman–Crippen MR) is 77.7 cm³/mol. The van der Waals surface area contributed by atoms with E-state index in [1.54, 1.807) is 4.90 Å². The average molecular weight is 285 g/mol. The van der Waals surface area contributed by atoms with Gasteiger partial charge in [0.25, 0.3) is 0 Å². The van der Waals surface area contributed by atoms with E-state index < -0.39 is 5.97 Å². The highest BCUT2D eigenvalue weighted by atomic mass is 16.4. The minimum Gasteiger partial charge on any atom is -0.480 e. The van der Waals surface area contributed by atoms with E-state index in [2.05, 4.69) is 13.8 Å². The van der Waals surface area contributed by atoms with Gasteiger partial charge in [0.05, 0.1) is 0 Å². The second-order valence-electron chi connectivity index (χ2n) is 6.18. The number of carbonyl (C=O) groups excluding carboxylic acids is 1. The Hall–Kier alpha value is -1.30. The lowest BCUT2D eigenvalue weighted by Crippen LogP contribution is -2.49. The van der Waals surface area contributed by atoms with Crippen LogP contribution in [-0.4, -0.2) is 78.1 Å². The van der Waals surface area contributed by atoms with Crippen LogP contribution in [0.3, 0.4) is 0 Å². The van der Waals surface area contributed by atoms with Gasteiger partial charge >= 0.3 is 12.0 Å². The summed E-state index contributed by atoms with van der Waals surface area (Å²) in [6, 6.07) is -0.0157. The lowest BCUT2D eigenvalue weighted by Gasteiger charge is -2.31. The quantitative estimate of drug-likeness (QED) is 0.727. The van der Waals surface area contributed by atoms with Crippen LogP contribution in [0.15, 0.2) is 0 Å². The molecule has 0 heterocycles. The maximum Gasteiger partial charge on any atom is 0.323 e. The molecule has 0 aliphatic heterocycles. The molecule has 116 valence electrons. The minimum absolute atomic E-state index is 0.118. The summed E-state index contributed by atoms with van der Waals surface area (Å²) < 4.78 is 0. The maximum atomic E-state index is 12.6. The summed E-state index contributed by atoms with van der Waals surface area (Å²) in [5.74, 6) is -0.575. The van der Waals surface area contributed by atoms with E-state index in [4.69, 9.17) is 5.11 Å². The molecule has 0 aromatic carbocycles. The van der Waals surface area contributed by atoms with Crippen LogP contribution in [0.1, 0.15) is 26.7 Å². The van der Waals surface area contributed by atoms with Gasteiger partial charge in [-0.25, -0.2) is 4.79 Å². The molecule has 0 bridgehead atoms. The molecule has 0 unspecified atom stereocenters. The van der Waals surface area contributed by atoms with Crippen molar-refractivity contribution in [3.63, 3.8) is 0 Å². The smallest absolute Gasteiger partial charge is 0.323 e. The van der Waals surface area contributed by atoms with Crippen LogP contribution in [0, 0.1) is 5.92 Å². The van der Waals surface area contributed by atoms with Crippen molar-refractivity contribution < 1.29 is 14.7 Å². The number of carbonyl (C=O) groups is 2. The second-order valence-corrected chi connectivity index (χ2v) is 6.18. The summed E-state index contributed by atoms with van der Waals surface area (Å²) >= 11 is 0. The molecule has 0 atom stereocenters. The molecule has 0 spiro atoms. The summed E-state index contributed by atoms with van der Waals surface area (Å²) in [5.41, 5.74) is 0. The number of likely N-dealkylation sites (N-methyl/N-ethyl adjacent to an activating group) is 1. The number of nitrogens with zero attached hydrogens (tertiary/aromatic N) is 3. The Bertz CT molecular complexity index is 341. The van der Waals surface area contributed by atoms with Gasteiger partial charge in [0.15, 0.2) is 0 Å². The number of hydrogen-bond acceptors (Lipinski definition) is 3. The molecule has 1 N–H and O–H groups in total. The largest absolute Gasteiger partial charge is 0.480 e. The minimum atomic E-state index is -0.942. The first-order valence-corrected chi connectivity index (χ1v) is 7.23. The summed E-state index contributed by atoms with van der Waals surface area (Å²) in [6.45, 7) is 6.01. The predicted octanol–water partition coefficient (Wildman–Crippen LogP) is 1.18. The number of aliphatic carboxylic acids is 1.